The van der Waals surface area contributed by atoms with Gasteiger partial charge in [-0.25, -0.2) is 4.39 Å². The molecule has 0 fully saturated rings. The summed E-state index contributed by atoms with van der Waals surface area (Å²) in [7, 11) is 0. The van der Waals surface area contributed by atoms with Crippen LogP contribution in [0.3, 0.4) is 0 Å². The molecule has 2 N–H and O–H groups in total. The number of amides is 2. The van der Waals surface area contributed by atoms with Crippen LogP contribution in [0.2, 0.25) is 0 Å². The van der Waals surface area contributed by atoms with Gasteiger partial charge in [-0.05, 0) is 55.7 Å². The fourth-order valence-electron chi connectivity index (χ4n) is 3.44. The highest BCUT2D eigenvalue weighted by atomic mass is 32.1. The maximum absolute atomic E-state index is 13.3. The Balaban J connectivity index is 1.47. The van der Waals surface area contributed by atoms with Crippen molar-refractivity contribution in [3.63, 3.8) is 0 Å². The molecule has 1 atom stereocenters. The standard InChI is InChI=1S/C21H19FN2O3S/c1-12-10-18(24-20(25)13-4-2-5-14(22)11-13)28-19(12)21(26)23-16-6-3-7-17-15(16)8-9-27-17/h2,4-5,8-11,16H,3,6-7H2,1H3,(H,23,26)(H,24,25). The Hall–Kier alpha value is -2.93. The third kappa shape index (κ3) is 3.71. The number of thiophene rings is 1. The SMILES string of the molecule is Cc1cc(NC(=O)c2cccc(F)c2)sc1C(=O)NC1CCCc2occc21. The number of furan rings is 1. The van der Waals surface area contributed by atoms with E-state index in [9.17, 15) is 14.0 Å². The zero-order valence-corrected chi connectivity index (χ0v) is 16.1. The van der Waals surface area contributed by atoms with Crippen LogP contribution in [0.4, 0.5) is 9.39 Å². The lowest BCUT2D eigenvalue weighted by atomic mass is 9.93. The van der Waals surface area contributed by atoms with E-state index >= 15 is 0 Å². The molecule has 2 aromatic heterocycles. The van der Waals surface area contributed by atoms with Crippen molar-refractivity contribution in [2.75, 3.05) is 5.32 Å². The van der Waals surface area contributed by atoms with Gasteiger partial charge in [0.15, 0.2) is 0 Å². The molecular weight excluding hydrogens is 379 g/mol. The number of benzene rings is 1. The van der Waals surface area contributed by atoms with Crippen LogP contribution in [0.1, 0.15) is 55.8 Å². The summed E-state index contributed by atoms with van der Waals surface area (Å²) >= 11 is 1.21. The maximum atomic E-state index is 13.3. The predicted molar refractivity (Wildman–Crippen MR) is 105 cm³/mol. The summed E-state index contributed by atoms with van der Waals surface area (Å²) in [6, 6.07) is 9.07. The molecule has 144 valence electrons. The number of anilines is 1. The monoisotopic (exact) mass is 398 g/mol. The molecule has 1 unspecified atom stereocenters. The highest BCUT2D eigenvalue weighted by Crippen LogP contribution is 2.32. The van der Waals surface area contributed by atoms with Crippen molar-refractivity contribution in [1.82, 2.24) is 5.32 Å². The van der Waals surface area contributed by atoms with Crippen molar-refractivity contribution in [1.29, 1.82) is 0 Å². The average molecular weight is 398 g/mol. The lowest BCUT2D eigenvalue weighted by molar-refractivity contribution is 0.0935. The van der Waals surface area contributed by atoms with Gasteiger partial charge in [-0.15, -0.1) is 11.3 Å². The molecule has 0 saturated carbocycles. The minimum Gasteiger partial charge on any atom is -0.469 e. The number of nitrogens with one attached hydrogen (secondary N) is 2. The summed E-state index contributed by atoms with van der Waals surface area (Å²) in [5.41, 5.74) is 2.04. The van der Waals surface area contributed by atoms with Gasteiger partial charge in [0.2, 0.25) is 0 Å². The molecule has 4 rings (SSSR count). The lowest BCUT2D eigenvalue weighted by Crippen LogP contribution is -2.30. The topological polar surface area (TPSA) is 71.3 Å². The van der Waals surface area contributed by atoms with Crippen molar-refractivity contribution in [2.45, 2.75) is 32.2 Å². The number of hydrogen-bond donors (Lipinski definition) is 2. The molecule has 0 spiro atoms. The summed E-state index contributed by atoms with van der Waals surface area (Å²) in [6.07, 6.45) is 4.38. The third-order valence-electron chi connectivity index (χ3n) is 4.80. The summed E-state index contributed by atoms with van der Waals surface area (Å²) < 4.78 is 18.8. The molecule has 0 saturated heterocycles. The van der Waals surface area contributed by atoms with Crippen LogP contribution in [-0.4, -0.2) is 11.8 Å². The number of carbonyl (C=O) groups excluding carboxylic acids is 2. The minimum absolute atomic E-state index is 0.0677. The van der Waals surface area contributed by atoms with Crippen LogP contribution in [-0.2, 0) is 6.42 Å². The Bertz CT molecular complexity index is 1040. The van der Waals surface area contributed by atoms with Gasteiger partial charge in [-0.1, -0.05) is 6.07 Å². The van der Waals surface area contributed by atoms with E-state index in [0.717, 1.165) is 36.1 Å². The van der Waals surface area contributed by atoms with Gasteiger partial charge in [0, 0.05) is 17.5 Å². The van der Waals surface area contributed by atoms with Crippen LogP contribution in [0.15, 0.2) is 47.1 Å². The summed E-state index contributed by atoms with van der Waals surface area (Å²) in [5, 5.41) is 6.35. The van der Waals surface area contributed by atoms with Crippen LogP contribution >= 0.6 is 11.3 Å². The van der Waals surface area contributed by atoms with Gasteiger partial charge in [0.1, 0.15) is 11.6 Å². The molecule has 5 nitrogen and oxygen atoms in total. The quantitative estimate of drug-likeness (QED) is 0.660. The van der Waals surface area contributed by atoms with Crippen LogP contribution in [0, 0.1) is 12.7 Å². The van der Waals surface area contributed by atoms with Crippen molar-refractivity contribution in [2.24, 2.45) is 0 Å². The van der Waals surface area contributed by atoms with E-state index in [-0.39, 0.29) is 17.5 Å². The second kappa shape index (κ2) is 7.59. The first-order chi connectivity index (χ1) is 13.5. The van der Waals surface area contributed by atoms with Crippen molar-refractivity contribution in [3.8, 4) is 0 Å². The minimum atomic E-state index is -0.471. The molecule has 0 radical (unpaired) electrons. The van der Waals surface area contributed by atoms with E-state index in [1.165, 1.54) is 35.6 Å². The highest BCUT2D eigenvalue weighted by Gasteiger charge is 2.25. The summed E-state index contributed by atoms with van der Waals surface area (Å²) in [4.78, 5) is 25.6. The number of carbonyl (C=O) groups is 2. The van der Waals surface area contributed by atoms with E-state index < -0.39 is 11.7 Å². The van der Waals surface area contributed by atoms with Crippen LogP contribution in [0.5, 0.6) is 0 Å². The summed E-state index contributed by atoms with van der Waals surface area (Å²) in [6.45, 7) is 1.83. The van der Waals surface area contributed by atoms with Gasteiger partial charge in [0.05, 0.1) is 22.2 Å². The Morgan fingerprint density at radius 3 is 2.89 bits per heavy atom. The fraction of sp³-hybridized carbons (Fsp3) is 0.238. The number of aryl methyl sites for hydroxylation is 2. The van der Waals surface area contributed by atoms with E-state index in [1.54, 1.807) is 12.3 Å². The van der Waals surface area contributed by atoms with Gasteiger partial charge in [0.25, 0.3) is 11.8 Å². The van der Waals surface area contributed by atoms with Gasteiger partial charge in [-0.2, -0.15) is 0 Å². The van der Waals surface area contributed by atoms with Crippen LogP contribution in [0.25, 0.3) is 0 Å². The van der Waals surface area contributed by atoms with Crippen molar-refractivity contribution in [3.05, 3.63) is 75.8 Å². The summed E-state index contributed by atoms with van der Waals surface area (Å²) in [5.74, 6) is -0.125. The molecular formula is C21H19FN2O3S. The molecule has 2 heterocycles. The van der Waals surface area contributed by atoms with Crippen LogP contribution < -0.4 is 10.6 Å². The van der Waals surface area contributed by atoms with Crippen molar-refractivity contribution >= 4 is 28.2 Å². The molecule has 28 heavy (non-hydrogen) atoms. The second-order valence-electron chi connectivity index (χ2n) is 6.80. The zero-order valence-electron chi connectivity index (χ0n) is 15.3. The first kappa shape index (κ1) is 18.4. The zero-order chi connectivity index (χ0) is 19.7. The molecule has 2 amide bonds. The van der Waals surface area contributed by atoms with E-state index in [2.05, 4.69) is 10.6 Å². The lowest BCUT2D eigenvalue weighted by Gasteiger charge is -2.22. The number of rotatable bonds is 4. The van der Waals surface area contributed by atoms with Gasteiger partial charge < -0.3 is 15.1 Å². The molecule has 1 aliphatic rings. The highest BCUT2D eigenvalue weighted by molar-refractivity contribution is 7.18. The third-order valence-corrected chi connectivity index (χ3v) is 5.96. The first-order valence-electron chi connectivity index (χ1n) is 9.06. The smallest absolute Gasteiger partial charge is 0.262 e. The number of fused-ring (bicyclic) bond motifs is 1. The Labute approximate surface area is 165 Å². The number of halogens is 1. The molecule has 1 aromatic carbocycles. The molecule has 1 aliphatic carbocycles. The van der Waals surface area contributed by atoms with Crippen molar-refractivity contribution < 1.29 is 18.4 Å². The molecule has 3 aromatic rings. The van der Waals surface area contributed by atoms with E-state index in [0.29, 0.717) is 9.88 Å². The number of hydrogen-bond acceptors (Lipinski definition) is 4. The molecule has 0 aliphatic heterocycles. The predicted octanol–water partition coefficient (Wildman–Crippen LogP) is 4.85. The average Bonchev–Trinajstić information content (AvgIpc) is 3.28. The normalized spacial score (nSPS) is 15.7. The Morgan fingerprint density at radius 2 is 2.07 bits per heavy atom. The second-order valence-corrected chi connectivity index (χ2v) is 7.86. The van der Waals surface area contributed by atoms with E-state index in [4.69, 9.17) is 4.42 Å². The molecule has 7 heteroatoms. The van der Waals surface area contributed by atoms with Gasteiger partial charge >= 0.3 is 0 Å². The largest absolute Gasteiger partial charge is 0.469 e. The first-order valence-corrected chi connectivity index (χ1v) is 9.87. The van der Waals surface area contributed by atoms with E-state index in [1.807, 2.05) is 13.0 Å². The molecule has 0 bridgehead atoms. The fourth-order valence-corrected chi connectivity index (χ4v) is 4.41. The Kier molecular flexibility index (Phi) is 5.00. The maximum Gasteiger partial charge on any atom is 0.262 e. The Morgan fingerprint density at radius 1 is 1.21 bits per heavy atom. The van der Waals surface area contributed by atoms with Gasteiger partial charge in [-0.3, -0.25) is 9.59 Å².